The first kappa shape index (κ1) is 25.9. The van der Waals surface area contributed by atoms with Crippen LogP contribution in [0.2, 0.25) is 0 Å². The number of hydrogen-bond donors (Lipinski definition) is 1. The molecule has 1 aliphatic rings. The molecule has 0 aliphatic carbocycles. The molecule has 8 nitrogen and oxygen atoms in total. The van der Waals surface area contributed by atoms with Crippen molar-refractivity contribution < 1.29 is 33.7 Å². The molecule has 0 saturated carbocycles. The number of benzene rings is 2. The van der Waals surface area contributed by atoms with Crippen molar-refractivity contribution in [3.8, 4) is 17.2 Å². The standard InChI is InChI=1S/C24H24INO7S/c1-4-31-19-11-16(10-17(25)22(19)33-13-21(27)28)12-20-23(29)26(24(30)34-20)7-8-32-18-9-14(2)5-6-15(18)3/h5-6,9-12H,4,7-8,13H2,1-3H3,(H,27,28)/b20-12-. The van der Waals surface area contributed by atoms with Crippen molar-refractivity contribution in [2.24, 2.45) is 0 Å². The highest BCUT2D eigenvalue weighted by Crippen LogP contribution is 2.37. The van der Waals surface area contributed by atoms with Crippen LogP contribution in [0.15, 0.2) is 35.2 Å². The Hall–Kier alpha value is -2.73. The SMILES string of the molecule is CCOc1cc(/C=C2\SC(=O)N(CCOc3cc(C)ccc3C)C2=O)cc(I)c1OCC(=O)O. The largest absolute Gasteiger partial charge is 0.491 e. The molecule has 0 atom stereocenters. The molecule has 0 bridgehead atoms. The van der Waals surface area contributed by atoms with Crippen LogP contribution < -0.4 is 14.2 Å². The van der Waals surface area contributed by atoms with E-state index in [1.807, 2.05) is 54.6 Å². The molecule has 1 saturated heterocycles. The third-order valence-corrected chi connectivity index (χ3v) is 6.47. The number of carbonyl (C=O) groups excluding carboxylic acids is 2. The summed E-state index contributed by atoms with van der Waals surface area (Å²) in [4.78, 5) is 37.6. The number of ether oxygens (including phenoxy) is 3. The molecule has 180 valence electrons. The molecule has 2 aromatic carbocycles. The lowest BCUT2D eigenvalue weighted by molar-refractivity contribution is -0.139. The maximum atomic E-state index is 12.9. The Morgan fingerprint density at radius 1 is 1.12 bits per heavy atom. The number of carbonyl (C=O) groups is 3. The van der Waals surface area contributed by atoms with E-state index in [9.17, 15) is 14.4 Å². The van der Waals surface area contributed by atoms with Crippen LogP contribution >= 0.6 is 34.4 Å². The van der Waals surface area contributed by atoms with Crippen molar-refractivity contribution in [2.45, 2.75) is 20.8 Å². The summed E-state index contributed by atoms with van der Waals surface area (Å²) in [6, 6.07) is 9.26. The summed E-state index contributed by atoms with van der Waals surface area (Å²) >= 11 is 2.88. The second-order valence-corrected chi connectivity index (χ2v) is 9.55. The van der Waals surface area contributed by atoms with Gasteiger partial charge in [-0.15, -0.1) is 0 Å². The van der Waals surface area contributed by atoms with E-state index in [-0.39, 0.29) is 23.3 Å². The number of rotatable bonds is 10. The van der Waals surface area contributed by atoms with E-state index in [1.54, 1.807) is 25.1 Å². The summed E-state index contributed by atoms with van der Waals surface area (Å²) in [5.41, 5.74) is 2.68. The number of aryl methyl sites for hydroxylation is 2. The van der Waals surface area contributed by atoms with E-state index in [1.165, 1.54) is 4.90 Å². The average molecular weight is 597 g/mol. The highest BCUT2D eigenvalue weighted by Gasteiger charge is 2.35. The van der Waals surface area contributed by atoms with Crippen LogP contribution in [0.3, 0.4) is 0 Å². The third kappa shape index (κ3) is 6.44. The fourth-order valence-corrected chi connectivity index (χ4v) is 4.81. The van der Waals surface area contributed by atoms with Crippen molar-refractivity contribution >= 4 is 57.5 Å². The van der Waals surface area contributed by atoms with E-state index in [2.05, 4.69) is 0 Å². The molecule has 10 heteroatoms. The molecule has 0 unspecified atom stereocenters. The van der Waals surface area contributed by atoms with Crippen molar-refractivity contribution in [1.29, 1.82) is 0 Å². The molecule has 1 heterocycles. The van der Waals surface area contributed by atoms with Crippen LogP contribution in [0.4, 0.5) is 4.79 Å². The van der Waals surface area contributed by atoms with Gasteiger partial charge < -0.3 is 19.3 Å². The Morgan fingerprint density at radius 2 is 1.88 bits per heavy atom. The van der Waals surface area contributed by atoms with Gasteiger partial charge in [-0.1, -0.05) is 12.1 Å². The molecule has 0 spiro atoms. The quantitative estimate of drug-likeness (QED) is 0.306. The highest BCUT2D eigenvalue weighted by molar-refractivity contribution is 14.1. The number of hydrogen-bond acceptors (Lipinski definition) is 7. The number of amides is 2. The number of nitrogens with zero attached hydrogens (tertiary/aromatic N) is 1. The molecule has 0 aromatic heterocycles. The molecular weight excluding hydrogens is 573 g/mol. The van der Waals surface area contributed by atoms with Crippen LogP contribution in [-0.4, -0.2) is 53.5 Å². The van der Waals surface area contributed by atoms with Crippen LogP contribution in [0.25, 0.3) is 6.08 Å². The number of aliphatic carboxylic acids is 1. The summed E-state index contributed by atoms with van der Waals surface area (Å²) in [5, 5.41) is 8.54. The van der Waals surface area contributed by atoms with Gasteiger partial charge in [0.05, 0.1) is 21.6 Å². The fraction of sp³-hybridized carbons (Fsp3) is 0.292. The van der Waals surface area contributed by atoms with Gasteiger partial charge >= 0.3 is 5.97 Å². The zero-order chi connectivity index (χ0) is 24.8. The summed E-state index contributed by atoms with van der Waals surface area (Å²) in [6.45, 7) is 5.88. The topological polar surface area (TPSA) is 102 Å². The lowest BCUT2D eigenvalue weighted by atomic mass is 10.1. The van der Waals surface area contributed by atoms with E-state index < -0.39 is 18.5 Å². The Balaban J connectivity index is 1.73. The minimum absolute atomic E-state index is 0.138. The van der Waals surface area contributed by atoms with Gasteiger partial charge in [0, 0.05) is 0 Å². The van der Waals surface area contributed by atoms with Gasteiger partial charge in [-0.05, 0) is 96.1 Å². The van der Waals surface area contributed by atoms with Gasteiger partial charge in [0.1, 0.15) is 12.4 Å². The molecule has 0 radical (unpaired) electrons. The fourth-order valence-electron chi connectivity index (χ4n) is 3.16. The molecule has 1 fully saturated rings. The Labute approximate surface area is 215 Å². The first-order valence-corrected chi connectivity index (χ1v) is 12.4. The van der Waals surface area contributed by atoms with Gasteiger partial charge in [-0.2, -0.15) is 0 Å². The van der Waals surface area contributed by atoms with E-state index in [0.29, 0.717) is 27.2 Å². The Bertz CT molecular complexity index is 1150. The first-order valence-electron chi connectivity index (χ1n) is 10.5. The van der Waals surface area contributed by atoms with Crippen LogP contribution in [0.1, 0.15) is 23.6 Å². The zero-order valence-corrected chi connectivity index (χ0v) is 21.9. The maximum absolute atomic E-state index is 12.9. The molecule has 3 rings (SSSR count). The average Bonchev–Trinajstić information content (AvgIpc) is 3.03. The summed E-state index contributed by atoms with van der Waals surface area (Å²) in [7, 11) is 0. The predicted octanol–water partition coefficient (Wildman–Crippen LogP) is 4.89. The molecule has 2 aromatic rings. The molecular formula is C24H24INO7S. The summed E-state index contributed by atoms with van der Waals surface area (Å²) < 4.78 is 17.4. The van der Waals surface area contributed by atoms with Crippen molar-refractivity contribution in [2.75, 3.05) is 26.4 Å². The van der Waals surface area contributed by atoms with Gasteiger partial charge in [-0.25, -0.2) is 4.79 Å². The van der Waals surface area contributed by atoms with Gasteiger partial charge in [0.2, 0.25) is 0 Å². The number of imide groups is 1. The van der Waals surface area contributed by atoms with Crippen LogP contribution in [-0.2, 0) is 9.59 Å². The van der Waals surface area contributed by atoms with E-state index in [0.717, 1.165) is 28.6 Å². The zero-order valence-electron chi connectivity index (χ0n) is 18.9. The van der Waals surface area contributed by atoms with Crippen molar-refractivity contribution in [3.05, 3.63) is 55.5 Å². The van der Waals surface area contributed by atoms with Crippen molar-refractivity contribution in [1.82, 2.24) is 4.90 Å². The van der Waals surface area contributed by atoms with E-state index in [4.69, 9.17) is 19.3 Å². The number of carboxylic acid groups (broad SMARTS) is 1. The van der Waals surface area contributed by atoms with E-state index >= 15 is 0 Å². The Morgan fingerprint density at radius 3 is 2.59 bits per heavy atom. The molecule has 1 N–H and O–H groups in total. The van der Waals surface area contributed by atoms with Gasteiger partial charge in [0.25, 0.3) is 11.1 Å². The maximum Gasteiger partial charge on any atom is 0.341 e. The minimum Gasteiger partial charge on any atom is -0.491 e. The predicted molar refractivity (Wildman–Crippen MR) is 138 cm³/mol. The smallest absolute Gasteiger partial charge is 0.341 e. The minimum atomic E-state index is -1.10. The third-order valence-electron chi connectivity index (χ3n) is 4.76. The van der Waals surface area contributed by atoms with Crippen LogP contribution in [0, 0.1) is 17.4 Å². The van der Waals surface area contributed by atoms with Crippen LogP contribution in [0.5, 0.6) is 17.2 Å². The Kier molecular flexibility index (Phi) is 8.84. The second-order valence-electron chi connectivity index (χ2n) is 7.40. The normalized spacial score (nSPS) is 14.6. The number of halogens is 1. The lowest BCUT2D eigenvalue weighted by Gasteiger charge is -2.15. The second kappa shape index (κ2) is 11.6. The first-order chi connectivity index (χ1) is 16.2. The lowest BCUT2D eigenvalue weighted by Crippen LogP contribution is -2.32. The van der Waals surface area contributed by atoms with Gasteiger partial charge in [0.15, 0.2) is 18.1 Å². The highest BCUT2D eigenvalue weighted by atomic mass is 127. The molecule has 1 aliphatic heterocycles. The van der Waals surface area contributed by atoms with Gasteiger partial charge in [-0.3, -0.25) is 14.5 Å². The summed E-state index contributed by atoms with van der Waals surface area (Å²) in [6.07, 6.45) is 1.61. The van der Waals surface area contributed by atoms with Crippen molar-refractivity contribution in [3.63, 3.8) is 0 Å². The number of carboxylic acids is 1. The molecule has 2 amide bonds. The number of thioether (sulfide) groups is 1. The molecule has 34 heavy (non-hydrogen) atoms. The monoisotopic (exact) mass is 597 g/mol. The summed E-state index contributed by atoms with van der Waals surface area (Å²) in [5.74, 6) is -0.0798.